The number of carbonyl (C=O) groups excluding carboxylic acids is 1. The van der Waals surface area contributed by atoms with E-state index in [1.807, 2.05) is 43.0 Å². The van der Waals surface area contributed by atoms with Gasteiger partial charge in [-0.25, -0.2) is 14.4 Å². The van der Waals surface area contributed by atoms with E-state index in [1.165, 1.54) is 0 Å². The van der Waals surface area contributed by atoms with Gasteiger partial charge in [-0.05, 0) is 69.7 Å². The summed E-state index contributed by atoms with van der Waals surface area (Å²) in [7, 11) is 0. The number of rotatable bonds is 9. The summed E-state index contributed by atoms with van der Waals surface area (Å²) in [6.45, 7) is 8.54. The van der Waals surface area contributed by atoms with Crippen LogP contribution in [0.5, 0.6) is 5.88 Å². The molecular weight excluding hydrogens is 431 g/mol. The predicted octanol–water partition coefficient (Wildman–Crippen LogP) is 5.00. The van der Waals surface area contributed by atoms with Gasteiger partial charge in [-0.3, -0.25) is 4.79 Å². The van der Waals surface area contributed by atoms with Gasteiger partial charge >= 0.3 is 0 Å². The molecular formula is C27H37FN4O2. The number of halogens is 1. The Bertz CT molecular complexity index is 917. The topological polar surface area (TPSA) is 58.6 Å². The van der Waals surface area contributed by atoms with Crippen molar-refractivity contribution >= 4 is 5.91 Å². The van der Waals surface area contributed by atoms with Gasteiger partial charge < -0.3 is 14.5 Å². The average Bonchev–Trinajstić information content (AvgIpc) is 3.43. The second-order valence-electron chi connectivity index (χ2n) is 9.71. The number of hydrogen-bond donors (Lipinski definition) is 0. The van der Waals surface area contributed by atoms with Gasteiger partial charge in [-0.2, -0.15) is 0 Å². The minimum atomic E-state index is -1.07. The minimum absolute atomic E-state index is 0.101. The molecule has 0 N–H and O–H groups in total. The number of likely N-dealkylation sites (tertiary alicyclic amines) is 2. The fraction of sp³-hybridized carbons (Fsp3) is 0.593. The Morgan fingerprint density at radius 1 is 1.03 bits per heavy atom. The maximum Gasteiger partial charge on any atom is 0.253 e. The van der Waals surface area contributed by atoms with Crippen LogP contribution in [0.4, 0.5) is 4.39 Å². The molecule has 1 aromatic carbocycles. The molecule has 0 unspecified atom stereocenters. The first kappa shape index (κ1) is 24.6. The quantitative estimate of drug-likeness (QED) is 0.518. The molecule has 1 aromatic heterocycles. The van der Waals surface area contributed by atoms with Gasteiger partial charge in [0.1, 0.15) is 5.67 Å². The van der Waals surface area contributed by atoms with Crippen molar-refractivity contribution < 1.29 is 13.9 Å². The molecule has 2 aliphatic rings. The molecule has 6 nitrogen and oxygen atoms in total. The van der Waals surface area contributed by atoms with Crippen molar-refractivity contribution in [2.45, 2.75) is 58.0 Å². The maximum atomic E-state index is 14.7. The second kappa shape index (κ2) is 11.3. The van der Waals surface area contributed by atoms with Crippen molar-refractivity contribution in [2.75, 3.05) is 39.3 Å². The SMILES string of the molecule is CCC(F)(CC)CN1CCC(COc2cnc(-c3ccc(C(=O)N4CCCC4)cc3)cn2)CC1. The lowest BCUT2D eigenvalue weighted by Gasteiger charge is -2.36. The highest BCUT2D eigenvalue weighted by molar-refractivity contribution is 5.94. The lowest BCUT2D eigenvalue weighted by molar-refractivity contribution is 0.0564. The van der Waals surface area contributed by atoms with Gasteiger partial charge in [-0.15, -0.1) is 0 Å². The third-order valence-corrected chi connectivity index (χ3v) is 7.40. The predicted molar refractivity (Wildman–Crippen MR) is 132 cm³/mol. The highest BCUT2D eigenvalue weighted by Gasteiger charge is 2.30. The molecule has 0 aliphatic carbocycles. The number of nitrogens with zero attached hydrogens (tertiary/aromatic N) is 4. The van der Waals surface area contributed by atoms with Gasteiger partial charge in [0.15, 0.2) is 0 Å². The highest BCUT2D eigenvalue weighted by atomic mass is 19.1. The number of carbonyl (C=O) groups is 1. The van der Waals surface area contributed by atoms with Crippen LogP contribution < -0.4 is 4.74 Å². The Balaban J connectivity index is 1.24. The van der Waals surface area contributed by atoms with Crippen molar-refractivity contribution in [2.24, 2.45) is 5.92 Å². The van der Waals surface area contributed by atoms with E-state index in [2.05, 4.69) is 14.9 Å². The first-order chi connectivity index (χ1) is 16.5. The molecule has 1 amide bonds. The lowest BCUT2D eigenvalue weighted by atomic mass is 9.94. The van der Waals surface area contributed by atoms with E-state index >= 15 is 0 Å². The van der Waals surface area contributed by atoms with E-state index < -0.39 is 5.67 Å². The lowest BCUT2D eigenvalue weighted by Crippen LogP contribution is -2.44. The summed E-state index contributed by atoms with van der Waals surface area (Å²) in [5.41, 5.74) is 1.32. The van der Waals surface area contributed by atoms with Crippen molar-refractivity contribution in [1.82, 2.24) is 19.8 Å². The monoisotopic (exact) mass is 468 g/mol. The van der Waals surface area contributed by atoms with E-state index in [1.54, 1.807) is 12.4 Å². The smallest absolute Gasteiger partial charge is 0.253 e. The van der Waals surface area contributed by atoms with E-state index in [-0.39, 0.29) is 5.91 Å². The minimum Gasteiger partial charge on any atom is -0.476 e. The molecule has 4 rings (SSSR count). The molecule has 0 radical (unpaired) electrons. The number of aromatic nitrogens is 2. The van der Waals surface area contributed by atoms with E-state index in [0.29, 0.717) is 43.4 Å². The summed E-state index contributed by atoms with van der Waals surface area (Å²) in [5.74, 6) is 1.08. The molecule has 7 heteroatoms. The normalized spacial score (nSPS) is 17.8. The van der Waals surface area contributed by atoms with Crippen LogP contribution in [0.25, 0.3) is 11.3 Å². The van der Waals surface area contributed by atoms with Crippen molar-refractivity contribution in [1.29, 1.82) is 0 Å². The number of amides is 1. The van der Waals surface area contributed by atoms with Crippen LogP contribution >= 0.6 is 0 Å². The molecule has 0 atom stereocenters. The number of ether oxygens (including phenoxy) is 1. The average molecular weight is 469 g/mol. The summed E-state index contributed by atoms with van der Waals surface area (Å²) in [6.07, 6.45) is 8.72. The second-order valence-corrected chi connectivity index (χ2v) is 9.71. The van der Waals surface area contributed by atoms with Crippen LogP contribution in [-0.4, -0.2) is 70.7 Å². The fourth-order valence-electron chi connectivity index (χ4n) is 4.81. The summed E-state index contributed by atoms with van der Waals surface area (Å²) in [5, 5.41) is 0. The van der Waals surface area contributed by atoms with Crippen molar-refractivity contribution in [3.8, 4) is 17.1 Å². The molecule has 3 heterocycles. The van der Waals surface area contributed by atoms with E-state index in [9.17, 15) is 9.18 Å². The molecule has 0 spiro atoms. The molecule has 0 saturated carbocycles. The van der Waals surface area contributed by atoms with Gasteiger partial charge in [0.2, 0.25) is 5.88 Å². The Hall–Kier alpha value is -2.54. The van der Waals surface area contributed by atoms with Gasteiger partial charge in [-0.1, -0.05) is 26.0 Å². The Morgan fingerprint density at radius 2 is 1.71 bits per heavy atom. The van der Waals surface area contributed by atoms with Crippen LogP contribution in [0, 0.1) is 5.92 Å². The largest absolute Gasteiger partial charge is 0.476 e. The fourth-order valence-corrected chi connectivity index (χ4v) is 4.81. The van der Waals surface area contributed by atoms with Gasteiger partial charge in [0.25, 0.3) is 5.91 Å². The molecule has 2 fully saturated rings. The Kier molecular flexibility index (Phi) is 8.14. The number of alkyl halides is 1. The maximum absolute atomic E-state index is 14.7. The van der Waals surface area contributed by atoms with Crippen LogP contribution in [0.15, 0.2) is 36.7 Å². The number of hydrogen-bond acceptors (Lipinski definition) is 5. The Labute approximate surface area is 202 Å². The molecule has 2 aromatic rings. The Morgan fingerprint density at radius 3 is 2.29 bits per heavy atom. The third kappa shape index (κ3) is 6.12. The van der Waals surface area contributed by atoms with Crippen LogP contribution in [-0.2, 0) is 0 Å². The van der Waals surface area contributed by atoms with Gasteiger partial charge in [0.05, 0.1) is 24.7 Å². The van der Waals surface area contributed by atoms with Crippen LogP contribution in [0.3, 0.4) is 0 Å². The summed E-state index contributed by atoms with van der Waals surface area (Å²) >= 11 is 0. The van der Waals surface area contributed by atoms with Crippen LogP contribution in [0.2, 0.25) is 0 Å². The van der Waals surface area contributed by atoms with Crippen LogP contribution in [0.1, 0.15) is 62.7 Å². The molecule has 0 bridgehead atoms. The van der Waals surface area contributed by atoms with Gasteiger partial charge in [0, 0.05) is 30.8 Å². The number of benzene rings is 1. The third-order valence-electron chi connectivity index (χ3n) is 7.40. The number of piperidine rings is 1. The molecule has 184 valence electrons. The molecule has 34 heavy (non-hydrogen) atoms. The van der Waals surface area contributed by atoms with Crippen molar-refractivity contribution in [3.05, 3.63) is 42.2 Å². The zero-order valence-corrected chi connectivity index (χ0v) is 20.5. The van der Waals surface area contributed by atoms with E-state index in [0.717, 1.165) is 63.1 Å². The zero-order chi connectivity index (χ0) is 24.0. The molecule has 2 saturated heterocycles. The van der Waals surface area contributed by atoms with Crippen molar-refractivity contribution in [3.63, 3.8) is 0 Å². The van der Waals surface area contributed by atoms with E-state index in [4.69, 9.17) is 4.74 Å². The standard InChI is InChI=1S/C27H37FN4O2/c1-3-27(28,4-2)20-31-15-11-21(12-16-31)19-34-25-18-29-24(17-30-25)22-7-9-23(10-8-22)26(33)32-13-5-6-14-32/h7-10,17-18,21H,3-6,11-16,19-20H2,1-2H3. The first-order valence-electron chi connectivity index (χ1n) is 12.8. The summed E-state index contributed by atoms with van der Waals surface area (Å²) in [4.78, 5) is 25.6. The first-order valence-corrected chi connectivity index (χ1v) is 12.8. The summed E-state index contributed by atoms with van der Waals surface area (Å²) < 4.78 is 20.6. The molecule has 2 aliphatic heterocycles. The highest BCUT2D eigenvalue weighted by Crippen LogP contribution is 2.26. The zero-order valence-electron chi connectivity index (χ0n) is 20.5. The summed E-state index contributed by atoms with van der Waals surface area (Å²) in [6, 6.07) is 7.57.